The molecule has 1 N–H and O–H groups in total. The van der Waals surface area contributed by atoms with E-state index < -0.39 is 0 Å². The zero-order valence-electron chi connectivity index (χ0n) is 13.5. The van der Waals surface area contributed by atoms with Gasteiger partial charge in [-0.1, -0.05) is 0 Å². The summed E-state index contributed by atoms with van der Waals surface area (Å²) in [4.78, 5) is 14.1. The van der Waals surface area contributed by atoms with E-state index in [-0.39, 0.29) is 11.6 Å². The van der Waals surface area contributed by atoms with Gasteiger partial charge in [-0.15, -0.1) is 12.3 Å². The van der Waals surface area contributed by atoms with Crippen molar-refractivity contribution < 1.29 is 4.79 Å². The van der Waals surface area contributed by atoms with Crippen molar-refractivity contribution in [3.63, 3.8) is 0 Å². The van der Waals surface area contributed by atoms with Gasteiger partial charge in [0.05, 0.1) is 18.4 Å². The number of rotatable bonds is 7. The Bertz CT molecular complexity index is 650. The van der Waals surface area contributed by atoms with Gasteiger partial charge in [-0.05, 0) is 0 Å². The van der Waals surface area contributed by atoms with Crippen molar-refractivity contribution in [2.45, 2.75) is 51.0 Å². The van der Waals surface area contributed by atoms with Gasteiger partial charge in [0.25, 0.3) is 0 Å². The molecule has 0 aliphatic carbocycles. The number of nitrogens with zero attached hydrogens (tertiary/aromatic N) is 5. The van der Waals surface area contributed by atoms with Crippen LogP contribution >= 0.6 is 0 Å². The predicted octanol–water partition coefficient (Wildman–Crippen LogP) is 1.30. The van der Waals surface area contributed by atoms with Gasteiger partial charge in [-0.2, -0.15) is 15.3 Å². The Kier molecular flexibility index (Phi) is 4.44. The van der Waals surface area contributed by atoms with Crippen LogP contribution in [0.2, 0.25) is 0 Å². The van der Waals surface area contributed by atoms with E-state index in [9.17, 15) is 4.79 Å². The second-order valence-electron chi connectivity index (χ2n) is 6.15. The van der Waals surface area contributed by atoms with E-state index in [2.05, 4.69) is 26.6 Å². The second kappa shape index (κ2) is 6.50. The first kappa shape index (κ1) is 15.7. The Morgan fingerprint density at radius 1 is 1.52 bits per heavy atom. The summed E-state index contributed by atoms with van der Waals surface area (Å²) in [5.41, 5.74) is 1.90. The quantitative estimate of drug-likeness (QED) is 0.771. The van der Waals surface area contributed by atoms with Crippen LogP contribution in [0.25, 0.3) is 0 Å². The number of aromatic nitrogens is 2. The van der Waals surface area contributed by atoms with Crippen LogP contribution in [0.1, 0.15) is 36.9 Å². The fraction of sp³-hybridized carbons (Fsp3) is 0.625. The van der Waals surface area contributed by atoms with Gasteiger partial charge in [0.15, 0.2) is 5.66 Å². The van der Waals surface area contributed by atoms with Crippen molar-refractivity contribution in [3.05, 3.63) is 17.5 Å². The van der Waals surface area contributed by atoms with Crippen molar-refractivity contribution in [2.24, 2.45) is 10.2 Å². The van der Waals surface area contributed by atoms with Gasteiger partial charge in [0.2, 0.25) is 5.91 Å². The summed E-state index contributed by atoms with van der Waals surface area (Å²) in [5, 5.41) is 15.9. The molecule has 2 aliphatic rings. The molecule has 1 aromatic rings. The molecule has 0 fully saturated rings. The van der Waals surface area contributed by atoms with Gasteiger partial charge in [0, 0.05) is 57.9 Å². The highest BCUT2D eigenvalue weighted by molar-refractivity contribution is 5.76. The van der Waals surface area contributed by atoms with Crippen LogP contribution in [0.15, 0.2) is 16.4 Å². The molecule has 122 valence electrons. The molecule has 7 nitrogen and oxygen atoms in total. The third-order valence-electron chi connectivity index (χ3n) is 4.45. The molecule has 0 saturated carbocycles. The first-order chi connectivity index (χ1) is 11.1. The van der Waals surface area contributed by atoms with Gasteiger partial charge in [-0.3, -0.25) is 9.48 Å². The Hall–Kier alpha value is -2.20. The van der Waals surface area contributed by atoms with E-state index in [4.69, 9.17) is 6.42 Å². The summed E-state index contributed by atoms with van der Waals surface area (Å²) >= 11 is 0. The zero-order valence-corrected chi connectivity index (χ0v) is 13.5. The van der Waals surface area contributed by atoms with E-state index in [1.807, 2.05) is 17.9 Å². The fourth-order valence-electron chi connectivity index (χ4n) is 2.88. The third kappa shape index (κ3) is 3.59. The standard InChI is InChI=1S/C16H22N6O/c1-3-4-6-16(19-20-16)7-5-15(23)21(2)12-13-10-18-22-9-8-17-11-14(13)22/h1,10,17H,4-9,11-12H2,2H3. The summed E-state index contributed by atoms with van der Waals surface area (Å²) in [6.45, 7) is 3.22. The van der Waals surface area contributed by atoms with Crippen molar-refractivity contribution in [1.82, 2.24) is 20.0 Å². The van der Waals surface area contributed by atoms with E-state index in [0.29, 0.717) is 25.8 Å². The van der Waals surface area contributed by atoms with Crippen LogP contribution in [-0.4, -0.2) is 39.8 Å². The third-order valence-corrected chi connectivity index (χ3v) is 4.45. The lowest BCUT2D eigenvalue weighted by atomic mass is 10.0. The molecular formula is C16H22N6O. The molecule has 3 heterocycles. The van der Waals surface area contributed by atoms with Gasteiger partial charge < -0.3 is 10.2 Å². The van der Waals surface area contributed by atoms with Crippen LogP contribution in [0, 0.1) is 12.3 Å². The van der Waals surface area contributed by atoms with Crippen LogP contribution in [0.5, 0.6) is 0 Å². The summed E-state index contributed by atoms with van der Waals surface area (Å²) in [7, 11) is 1.83. The molecule has 0 radical (unpaired) electrons. The minimum absolute atomic E-state index is 0.103. The number of terminal acetylenes is 1. The monoisotopic (exact) mass is 314 g/mol. The lowest BCUT2D eigenvalue weighted by Gasteiger charge is -2.20. The first-order valence-corrected chi connectivity index (χ1v) is 7.99. The van der Waals surface area contributed by atoms with Crippen LogP contribution < -0.4 is 5.32 Å². The van der Waals surface area contributed by atoms with Crippen LogP contribution in [0.4, 0.5) is 0 Å². The molecule has 23 heavy (non-hydrogen) atoms. The smallest absolute Gasteiger partial charge is 0.222 e. The number of carbonyl (C=O) groups is 1. The summed E-state index contributed by atoms with van der Waals surface area (Å²) in [5.74, 6) is 2.71. The van der Waals surface area contributed by atoms with Crippen LogP contribution in [0.3, 0.4) is 0 Å². The maximum Gasteiger partial charge on any atom is 0.222 e. The maximum atomic E-state index is 12.3. The van der Waals surface area contributed by atoms with Gasteiger partial charge in [0.1, 0.15) is 0 Å². The molecule has 0 atom stereocenters. The Morgan fingerprint density at radius 3 is 3.09 bits per heavy atom. The van der Waals surface area contributed by atoms with E-state index in [1.165, 1.54) is 5.69 Å². The molecule has 0 aromatic carbocycles. The van der Waals surface area contributed by atoms with E-state index >= 15 is 0 Å². The van der Waals surface area contributed by atoms with Gasteiger partial charge >= 0.3 is 0 Å². The first-order valence-electron chi connectivity index (χ1n) is 7.99. The normalized spacial score (nSPS) is 17.4. The average molecular weight is 314 g/mol. The number of fused-ring (bicyclic) bond motifs is 1. The van der Waals surface area contributed by atoms with Gasteiger partial charge in [-0.25, -0.2) is 0 Å². The topological polar surface area (TPSA) is 74.9 Å². The lowest BCUT2D eigenvalue weighted by molar-refractivity contribution is -0.130. The van der Waals surface area contributed by atoms with Crippen molar-refractivity contribution in [3.8, 4) is 12.3 Å². The number of nitrogens with one attached hydrogen (secondary N) is 1. The minimum Gasteiger partial charge on any atom is -0.341 e. The average Bonchev–Trinajstić information content (AvgIpc) is 3.24. The minimum atomic E-state index is -0.385. The molecule has 0 bridgehead atoms. The molecule has 0 spiro atoms. The maximum absolute atomic E-state index is 12.3. The summed E-state index contributed by atoms with van der Waals surface area (Å²) < 4.78 is 2.01. The number of hydrogen-bond acceptors (Lipinski definition) is 5. The SMILES string of the molecule is C#CCCC1(CCC(=O)N(C)Cc2cnn3c2CNCC3)N=N1. The Morgan fingerprint density at radius 2 is 2.35 bits per heavy atom. The summed E-state index contributed by atoms with van der Waals surface area (Å²) in [6.07, 6.45) is 9.61. The molecule has 2 aliphatic heterocycles. The highest BCUT2D eigenvalue weighted by atomic mass is 16.2. The molecule has 7 heteroatoms. The predicted molar refractivity (Wildman–Crippen MR) is 85.3 cm³/mol. The van der Waals surface area contributed by atoms with Crippen LogP contribution in [-0.2, 0) is 24.4 Å². The van der Waals surface area contributed by atoms with Crippen molar-refractivity contribution in [2.75, 3.05) is 13.6 Å². The summed E-state index contributed by atoms with van der Waals surface area (Å²) in [6, 6.07) is 0. The molecule has 0 unspecified atom stereocenters. The highest BCUT2D eigenvalue weighted by Gasteiger charge is 2.39. The largest absolute Gasteiger partial charge is 0.341 e. The molecule has 3 rings (SSSR count). The van der Waals surface area contributed by atoms with Crippen molar-refractivity contribution >= 4 is 5.91 Å². The second-order valence-corrected chi connectivity index (χ2v) is 6.15. The zero-order chi connectivity index (χ0) is 16.3. The molecular weight excluding hydrogens is 292 g/mol. The highest BCUT2D eigenvalue weighted by Crippen LogP contribution is 2.37. The Labute approximate surface area is 136 Å². The number of hydrogen-bond donors (Lipinski definition) is 1. The fourth-order valence-corrected chi connectivity index (χ4v) is 2.88. The molecule has 1 aromatic heterocycles. The van der Waals surface area contributed by atoms with Crippen molar-refractivity contribution in [1.29, 1.82) is 0 Å². The molecule has 0 saturated heterocycles. The number of carbonyl (C=O) groups excluding carboxylic acids is 1. The lowest BCUT2D eigenvalue weighted by Crippen LogP contribution is -2.31. The molecule has 1 amide bonds. The van der Waals surface area contributed by atoms with E-state index in [1.54, 1.807) is 4.90 Å². The Balaban J connectivity index is 1.50. The number of amides is 1. The van der Waals surface area contributed by atoms with E-state index in [0.717, 1.165) is 31.6 Å².